The van der Waals surface area contributed by atoms with Gasteiger partial charge in [0, 0.05) is 25.5 Å². The summed E-state index contributed by atoms with van der Waals surface area (Å²) in [6.45, 7) is 7.25. The average molecular weight is 398 g/mol. The van der Waals surface area contributed by atoms with Crippen LogP contribution in [0.5, 0.6) is 0 Å². The van der Waals surface area contributed by atoms with E-state index < -0.39 is 17.7 Å². The van der Waals surface area contributed by atoms with Gasteiger partial charge in [-0.3, -0.25) is 0 Å². The molecule has 0 radical (unpaired) electrons. The van der Waals surface area contributed by atoms with E-state index in [4.69, 9.17) is 18.6 Å². The molecule has 0 unspecified atom stereocenters. The number of hydrogen-bond donors (Lipinski definition) is 0. The standard InChI is InChI=1S/C22H22O7/c1-13(2)12-26-19(23)15-7-5-14(6-8-15)18-10-9-16(27-18)11-17-20(24)28-22(3,4)29-21(17)25/h5-11,13H,12H2,1-4H3. The number of benzene rings is 1. The van der Waals surface area contributed by atoms with Gasteiger partial charge in [0.25, 0.3) is 5.79 Å². The Morgan fingerprint density at radius 2 is 1.66 bits per heavy atom. The van der Waals surface area contributed by atoms with Crippen LogP contribution in [0.4, 0.5) is 0 Å². The first-order valence-corrected chi connectivity index (χ1v) is 9.20. The number of carbonyl (C=O) groups is 3. The van der Waals surface area contributed by atoms with E-state index in [0.29, 0.717) is 23.7 Å². The predicted molar refractivity (Wildman–Crippen MR) is 104 cm³/mol. The van der Waals surface area contributed by atoms with Crippen molar-refractivity contribution in [3.05, 3.63) is 53.3 Å². The highest BCUT2D eigenvalue weighted by atomic mass is 16.7. The number of carbonyl (C=O) groups excluding carboxylic acids is 3. The van der Waals surface area contributed by atoms with Crippen LogP contribution in [0.1, 0.15) is 43.8 Å². The van der Waals surface area contributed by atoms with Gasteiger partial charge in [-0.05, 0) is 30.2 Å². The highest BCUT2D eigenvalue weighted by molar-refractivity contribution is 6.18. The third kappa shape index (κ3) is 4.93. The third-order valence-electron chi connectivity index (χ3n) is 3.98. The molecule has 0 N–H and O–H groups in total. The largest absolute Gasteiger partial charge is 0.462 e. The zero-order chi connectivity index (χ0) is 21.2. The molecule has 1 aliphatic rings. The minimum absolute atomic E-state index is 0.242. The number of hydrogen-bond acceptors (Lipinski definition) is 7. The maximum Gasteiger partial charge on any atom is 0.348 e. The molecule has 7 heteroatoms. The molecule has 0 bridgehead atoms. The van der Waals surface area contributed by atoms with E-state index in [1.807, 2.05) is 13.8 Å². The van der Waals surface area contributed by atoms with Crippen molar-refractivity contribution >= 4 is 24.0 Å². The predicted octanol–water partition coefficient (Wildman–Crippen LogP) is 3.98. The molecule has 29 heavy (non-hydrogen) atoms. The van der Waals surface area contributed by atoms with Crippen LogP contribution in [0.2, 0.25) is 0 Å². The zero-order valence-corrected chi connectivity index (χ0v) is 16.7. The number of rotatable bonds is 5. The Bertz CT molecular complexity index is 939. The first-order valence-electron chi connectivity index (χ1n) is 9.20. The lowest BCUT2D eigenvalue weighted by molar-refractivity contribution is -0.222. The average Bonchev–Trinajstić information content (AvgIpc) is 3.11. The van der Waals surface area contributed by atoms with E-state index in [9.17, 15) is 14.4 Å². The molecular formula is C22H22O7. The second-order valence-corrected chi connectivity index (χ2v) is 7.51. The highest BCUT2D eigenvalue weighted by Gasteiger charge is 2.39. The van der Waals surface area contributed by atoms with Crippen molar-refractivity contribution < 1.29 is 33.0 Å². The van der Waals surface area contributed by atoms with Gasteiger partial charge in [-0.25, -0.2) is 14.4 Å². The quantitative estimate of drug-likeness (QED) is 0.427. The molecular weight excluding hydrogens is 376 g/mol. The molecule has 1 aromatic carbocycles. The monoisotopic (exact) mass is 398 g/mol. The SMILES string of the molecule is CC(C)COC(=O)c1ccc(-c2ccc(C=C3C(=O)OC(C)(C)OC3=O)o2)cc1. The molecule has 0 aliphatic carbocycles. The van der Waals surface area contributed by atoms with Crippen molar-refractivity contribution in [2.45, 2.75) is 33.5 Å². The summed E-state index contributed by atoms with van der Waals surface area (Å²) in [7, 11) is 0. The summed E-state index contributed by atoms with van der Waals surface area (Å²) in [4.78, 5) is 36.0. The van der Waals surface area contributed by atoms with Crippen molar-refractivity contribution in [1.82, 2.24) is 0 Å². The summed E-state index contributed by atoms with van der Waals surface area (Å²) in [6.07, 6.45) is 1.28. The number of esters is 3. The summed E-state index contributed by atoms with van der Waals surface area (Å²) in [5.74, 6) is -2.15. The van der Waals surface area contributed by atoms with Gasteiger partial charge >= 0.3 is 17.9 Å². The fraction of sp³-hybridized carbons (Fsp3) is 0.318. The van der Waals surface area contributed by atoms with Crippen LogP contribution >= 0.6 is 0 Å². The van der Waals surface area contributed by atoms with Crippen LogP contribution in [0.15, 0.2) is 46.4 Å². The van der Waals surface area contributed by atoms with E-state index in [1.54, 1.807) is 36.4 Å². The second-order valence-electron chi connectivity index (χ2n) is 7.51. The van der Waals surface area contributed by atoms with Gasteiger partial charge in [-0.15, -0.1) is 0 Å². The molecule has 152 valence electrons. The van der Waals surface area contributed by atoms with Gasteiger partial charge in [0.05, 0.1) is 12.2 Å². The number of furan rings is 1. The van der Waals surface area contributed by atoms with E-state index >= 15 is 0 Å². The minimum atomic E-state index is -1.29. The van der Waals surface area contributed by atoms with Crippen molar-refractivity contribution in [3.8, 4) is 11.3 Å². The molecule has 0 atom stereocenters. The second kappa shape index (κ2) is 7.95. The lowest BCUT2D eigenvalue weighted by Gasteiger charge is -2.29. The van der Waals surface area contributed by atoms with Crippen molar-refractivity contribution in [2.75, 3.05) is 6.61 Å². The maximum absolute atomic E-state index is 12.0. The minimum Gasteiger partial charge on any atom is -0.462 e. The smallest absolute Gasteiger partial charge is 0.348 e. The maximum atomic E-state index is 12.0. The van der Waals surface area contributed by atoms with E-state index in [0.717, 1.165) is 5.56 Å². The fourth-order valence-corrected chi connectivity index (χ4v) is 2.60. The first-order chi connectivity index (χ1) is 13.6. The Balaban J connectivity index is 1.74. The van der Waals surface area contributed by atoms with Crippen molar-refractivity contribution in [2.24, 2.45) is 5.92 Å². The molecule has 1 fully saturated rings. The van der Waals surface area contributed by atoms with Gasteiger partial charge in [0.2, 0.25) is 0 Å². The summed E-state index contributed by atoms with van der Waals surface area (Å²) in [5, 5.41) is 0. The summed E-state index contributed by atoms with van der Waals surface area (Å²) in [5.41, 5.74) is 0.928. The van der Waals surface area contributed by atoms with Gasteiger partial charge in [0.15, 0.2) is 0 Å². The summed E-state index contributed by atoms with van der Waals surface area (Å²) < 4.78 is 21.0. The molecule has 0 spiro atoms. The van der Waals surface area contributed by atoms with Gasteiger partial charge in [-0.2, -0.15) is 0 Å². The van der Waals surface area contributed by atoms with Crippen molar-refractivity contribution in [1.29, 1.82) is 0 Å². The fourth-order valence-electron chi connectivity index (χ4n) is 2.60. The highest BCUT2D eigenvalue weighted by Crippen LogP contribution is 2.27. The lowest BCUT2D eigenvalue weighted by Crippen LogP contribution is -2.41. The Morgan fingerprint density at radius 1 is 1.03 bits per heavy atom. The van der Waals surface area contributed by atoms with E-state index in [-0.39, 0.29) is 17.5 Å². The zero-order valence-electron chi connectivity index (χ0n) is 16.7. The Kier molecular flexibility index (Phi) is 5.59. The molecule has 1 aliphatic heterocycles. The normalized spacial score (nSPS) is 15.7. The first kappa shape index (κ1) is 20.4. The van der Waals surface area contributed by atoms with E-state index in [2.05, 4.69) is 0 Å². The van der Waals surface area contributed by atoms with E-state index in [1.165, 1.54) is 19.9 Å². The van der Waals surface area contributed by atoms with Crippen LogP contribution in [-0.4, -0.2) is 30.3 Å². The molecule has 2 aromatic rings. The Labute approximate surface area is 168 Å². The van der Waals surface area contributed by atoms with Crippen LogP contribution in [0, 0.1) is 5.92 Å². The van der Waals surface area contributed by atoms with Crippen molar-refractivity contribution in [3.63, 3.8) is 0 Å². The Hall–Kier alpha value is -3.35. The third-order valence-corrected chi connectivity index (χ3v) is 3.98. The molecule has 0 amide bonds. The molecule has 2 heterocycles. The Morgan fingerprint density at radius 3 is 2.24 bits per heavy atom. The van der Waals surface area contributed by atoms with Gasteiger partial charge < -0.3 is 18.6 Å². The van der Waals surface area contributed by atoms with Crippen LogP contribution in [0.3, 0.4) is 0 Å². The van der Waals surface area contributed by atoms with Crippen LogP contribution in [0.25, 0.3) is 17.4 Å². The molecule has 1 aromatic heterocycles. The molecule has 3 rings (SSSR count). The van der Waals surface area contributed by atoms with Crippen LogP contribution in [-0.2, 0) is 23.8 Å². The topological polar surface area (TPSA) is 92.0 Å². The number of ether oxygens (including phenoxy) is 3. The molecule has 7 nitrogen and oxygen atoms in total. The van der Waals surface area contributed by atoms with Gasteiger partial charge in [0.1, 0.15) is 17.1 Å². The van der Waals surface area contributed by atoms with Crippen LogP contribution < -0.4 is 0 Å². The molecule has 0 saturated carbocycles. The van der Waals surface area contributed by atoms with Gasteiger partial charge in [-0.1, -0.05) is 26.0 Å². The summed E-state index contributed by atoms with van der Waals surface area (Å²) in [6, 6.07) is 10.1. The summed E-state index contributed by atoms with van der Waals surface area (Å²) >= 11 is 0. The molecule has 1 saturated heterocycles. The lowest BCUT2D eigenvalue weighted by atomic mass is 10.1. The number of cyclic esters (lactones) is 2.